The number of rotatable bonds is 7. The molecule has 1 saturated heterocycles. The molecule has 0 radical (unpaired) electrons. The van der Waals surface area contributed by atoms with Crippen LogP contribution in [-0.2, 0) is 15.0 Å². The standard InChI is InChI=1S/C24H30N2O3/c1-29-19-8-6-18(7-9-19)24(13-14-24)22(28)25-16-23-11-2-3-20(23)26(15-17-4-5-17)21(27)10-12-23/h3,6-9,17H,2,4-5,10-16H2,1H3,(H,25,28). The normalized spacial score (nSPS) is 27.3. The van der Waals surface area contributed by atoms with Crippen LogP contribution in [0.5, 0.6) is 5.75 Å². The second kappa shape index (κ2) is 6.89. The second-order valence-corrected chi connectivity index (χ2v) is 9.35. The Hall–Kier alpha value is -2.30. The van der Waals surface area contributed by atoms with Crippen molar-refractivity contribution in [2.45, 2.75) is 56.8 Å². The number of fused-ring (bicyclic) bond motifs is 1. The van der Waals surface area contributed by atoms with E-state index in [1.165, 1.54) is 18.5 Å². The molecule has 5 rings (SSSR count). The number of piperidine rings is 1. The molecular weight excluding hydrogens is 364 g/mol. The maximum absolute atomic E-state index is 13.2. The number of hydrogen-bond acceptors (Lipinski definition) is 3. The van der Waals surface area contributed by atoms with Crippen LogP contribution in [0.4, 0.5) is 0 Å². The number of hydrogen-bond donors (Lipinski definition) is 1. The lowest BCUT2D eigenvalue weighted by atomic mass is 9.76. The quantitative estimate of drug-likeness (QED) is 0.770. The summed E-state index contributed by atoms with van der Waals surface area (Å²) in [6, 6.07) is 7.89. The lowest BCUT2D eigenvalue weighted by Gasteiger charge is -2.43. The third-order valence-corrected chi connectivity index (χ3v) is 7.47. The highest BCUT2D eigenvalue weighted by Gasteiger charge is 2.52. The van der Waals surface area contributed by atoms with Crippen molar-refractivity contribution < 1.29 is 14.3 Å². The number of ether oxygens (including phenoxy) is 1. The molecule has 0 aromatic heterocycles. The molecule has 1 aromatic rings. The summed E-state index contributed by atoms with van der Waals surface area (Å²) >= 11 is 0. The molecule has 1 N–H and O–H groups in total. The number of methoxy groups -OCH3 is 1. The van der Waals surface area contributed by atoms with E-state index in [-0.39, 0.29) is 22.6 Å². The van der Waals surface area contributed by atoms with Crippen LogP contribution in [0.2, 0.25) is 0 Å². The van der Waals surface area contributed by atoms with E-state index < -0.39 is 0 Å². The van der Waals surface area contributed by atoms with Gasteiger partial charge in [0.05, 0.1) is 12.5 Å². The van der Waals surface area contributed by atoms with Crippen LogP contribution >= 0.6 is 0 Å². The molecule has 4 aliphatic rings. The van der Waals surface area contributed by atoms with Gasteiger partial charge in [0.25, 0.3) is 0 Å². The third-order valence-electron chi connectivity index (χ3n) is 7.47. The fraction of sp³-hybridized carbons (Fsp3) is 0.583. The topological polar surface area (TPSA) is 58.6 Å². The first-order valence-electron chi connectivity index (χ1n) is 11.0. The van der Waals surface area contributed by atoms with Gasteiger partial charge in [-0.1, -0.05) is 18.2 Å². The Balaban J connectivity index is 1.29. The third kappa shape index (κ3) is 3.24. The molecule has 1 aromatic carbocycles. The van der Waals surface area contributed by atoms with Gasteiger partial charge in [-0.3, -0.25) is 9.59 Å². The fourth-order valence-corrected chi connectivity index (χ4v) is 5.22. The molecule has 3 aliphatic carbocycles. The Kier molecular flexibility index (Phi) is 4.45. The fourth-order valence-electron chi connectivity index (χ4n) is 5.22. The minimum Gasteiger partial charge on any atom is -0.497 e. The number of allylic oxidation sites excluding steroid dienone is 1. The Morgan fingerprint density at radius 3 is 2.59 bits per heavy atom. The van der Waals surface area contributed by atoms with Crippen molar-refractivity contribution in [3.8, 4) is 5.75 Å². The van der Waals surface area contributed by atoms with E-state index in [1.807, 2.05) is 24.3 Å². The van der Waals surface area contributed by atoms with Gasteiger partial charge in [0.15, 0.2) is 0 Å². The molecule has 2 saturated carbocycles. The zero-order chi connectivity index (χ0) is 20.1. The molecule has 0 bridgehead atoms. The summed E-state index contributed by atoms with van der Waals surface area (Å²) in [7, 11) is 1.65. The van der Waals surface area contributed by atoms with E-state index in [0.717, 1.165) is 50.0 Å². The van der Waals surface area contributed by atoms with Crippen LogP contribution in [0.1, 0.15) is 56.9 Å². The van der Waals surface area contributed by atoms with Gasteiger partial charge in [0.1, 0.15) is 5.75 Å². The predicted molar refractivity (Wildman–Crippen MR) is 110 cm³/mol. The summed E-state index contributed by atoms with van der Waals surface area (Å²) in [5.41, 5.74) is 1.82. The molecule has 5 heteroatoms. The molecular formula is C24H30N2O3. The average molecular weight is 395 g/mol. The van der Waals surface area contributed by atoms with Crippen molar-refractivity contribution in [2.75, 3.05) is 20.2 Å². The van der Waals surface area contributed by atoms with Crippen molar-refractivity contribution in [1.29, 1.82) is 0 Å². The number of nitrogens with zero attached hydrogens (tertiary/aromatic N) is 1. The zero-order valence-electron chi connectivity index (χ0n) is 17.2. The number of amides is 2. The summed E-state index contributed by atoms with van der Waals surface area (Å²) in [4.78, 5) is 27.8. The number of nitrogens with one attached hydrogen (secondary N) is 1. The lowest BCUT2D eigenvalue weighted by Crippen LogP contribution is -2.49. The Morgan fingerprint density at radius 1 is 1.17 bits per heavy atom. The van der Waals surface area contributed by atoms with Crippen LogP contribution < -0.4 is 10.1 Å². The second-order valence-electron chi connectivity index (χ2n) is 9.35. The molecule has 29 heavy (non-hydrogen) atoms. The number of likely N-dealkylation sites (tertiary alicyclic amines) is 1. The lowest BCUT2D eigenvalue weighted by molar-refractivity contribution is -0.133. The Bertz CT molecular complexity index is 851. The Morgan fingerprint density at radius 2 is 1.93 bits per heavy atom. The predicted octanol–water partition coefficient (Wildman–Crippen LogP) is 3.54. The summed E-state index contributed by atoms with van der Waals surface area (Å²) in [5, 5.41) is 3.30. The maximum atomic E-state index is 13.2. The number of benzene rings is 1. The first kappa shape index (κ1) is 18.7. The van der Waals surface area contributed by atoms with Gasteiger partial charge in [0.2, 0.25) is 11.8 Å². The van der Waals surface area contributed by atoms with E-state index >= 15 is 0 Å². The molecule has 1 unspecified atom stereocenters. The Labute approximate surface area is 172 Å². The van der Waals surface area contributed by atoms with Crippen molar-refractivity contribution >= 4 is 11.8 Å². The van der Waals surface area contributed by atoms with Gasteiger partial charge in [-0.25, -0.2) is 0 Å². The minimum absolute atomic E-state index is 0.0611. The van der Waals surface area contributed by atoms with E-state index in [4.69, 9.17) is 4.74 Å². The monoisotopic (exact) mass is 394 g/mol. The van der Waals surface area contributed by atoms with Crippen LogP contribution in [-0.4, -0.2) is 36.9 Å². The van der Waals surface area contributed by atoms with E-state index in [9.17, 15) is 9.59 Å². The largest absolute Gasteiger partial charge is 0.497 e. The highest BCUT2D eigenvalue weighted by molar-refractivity contribution is 5.91. The molecule has 5 nitrogen and oxygen atoms in total. The average Bonchev–Trinajstić information content (AvgIpc) is 3.67. The van der Waals surface area contributed by atoms with Gasteiger partial charge >= 0.3 is 0 Å². The van der Waals surface area contributed by atoms with Crippen LogP contribution in [0.15, 0.2) is 36.0 Å². The van der Waals surface area contributed by atoms with Crippen LogP contribution in [0, 0.1) is 11.3 Å². The van der Waals surface area contributed by atoms with Crippen molar-refractivity contribution in [1.82, 2.24) is 10.2 Å². The molecule has 1 heterocycles. The highest BCUT2D eigenvalue weighted by Crippen LogP contribution is 2.51. The number of carbonyl (C=O) groups is 2. The van der Waals surface area contributed by atoms with E-state index in [2.05, 4.69) is 16.3 Å². The van der Waals surface area contributed by atoms with Gasteiger partial charge in [-0.05, 0) is 68.6 Å². The summed E-state index contributed by atoms with van der Waals surface area (Å²) in [5.74, 6) is 1.89. The van der Waals surface area contributed by atoms with Gasteiger partial charge in [0, 0.05) is 30.6 Å². The smallest absolute Gasteiger partial charge is 0.230 e. The molecule has 3 fully saturated rings. The van der Waals surface area contributed by atoms with Gasteiger partial charge < -0.3 is 15.0 Å². The first-order chi connectivity index (χ1) is 14.1. The summed E-state index contributed by atoms with van der Waals surface area (Å²) in [6.07, 6.45) is 10.0. The maximum Gasteiger partial charge on any atom is 0.230 e. The van der Waals surface area contributed by atoms with E-state index in [0.29, 0.717) is 18.9 Å². The minimum atomic E-state index is -0.385. The SMILES string of the molecule is COc1ccc(C2(C(=O)NCC34CCC=C3N(CC3CC3)C(=O)CC4)CC2)cc1. The zero-order valence-corrected chi connectivity index (χ0v) is 17.2. The number of carbonyl (C=O) groups excluding carboxylic acids is 2. The van der Waals surface area contributed by atoms with Gasteiger partial charge in [-0.2, -0.15) is 0 Å². The van der Waals surface area contributed by atoms with Crippen LogP contribution in [0.3, 0.4) is 0 Å². The molecule has 1 aliphatic heterocycles. The van der Waals surface area contributed by atoms with Gasteiger partial charge in [-0.15, -0.1) is 0 Å². The molecule has 2 amide bonds. The van der Waals surface area contributed by atoms with Crippen LogP contribution in [0.25, 0.3) is 0 Å². The molecule has 154 valence electrons. The van der Waals surface area contributed by atoms with Crippen molar-refractivity contribution in [2.24, 2.45) is 11.3 Å². The van der Waals surface area contributed by atoms with E-state index in [1.54, 1.807) is 7.11 Å². The molecule has 1 atom stereocenters. The highest BCUT2D eigenvalue weighted by atomic mass is 16.5. The summed E-state index contributed by atoms with van der Waals surface area (Å²) in [6.45, 7) is 1.51. The first-order valence-corrected chi connectivity index (χ1v) is 11.0. The van der Waals surface area contributed by atoms with Crippen molar-refractivity contribution in [3.63, 3.8) is 0 Å². The van der Waals surface area contributed by atoms with Crippen molar-refractivity contribution in [3.05, 3.63) is 41.6 Å². The molecule has 0 spiro atoms. The summed E-state index contributed by atoms with van der Waals surface area (Å²) < 4.78 is 5.25.